The highest BCUT2D eigenvalue weighted by atomic mass is 15.1. The SMILES string of the molecule is CN1CCC(CCNc2nccc3ccccc23)CC1. The number of aromatic nitrogens is 1. The monoisotopic (exact) mass is 269 g/mol. The molecule has 0 radical (unpaired) electrons. The molecule has 0 spiro atoms. The number of pyridine rings is 1. The molecule has 1 aliphatic heterocycles. The molecule has 0 saturated carbocycles. The number of anilines is 1. The lowest BCUT2D eigenvalue weighted by Gasteiger charge is -2.28. The van der Waals surface area contributed by atoms with E-state index in [1.165, 1.54) is 43.1 Å². The molecule has 0 atom stereocenters. The number of rotatable bonds is 4. The summed E-state index contributed by atoms with van der Waals surface area (Å²) in [7, 11) is 2.22. The normalized spacial score (nSPS) is 17.4. The Hall–Kier alpha value is -1.61. The maximum absolute atomic E-state index is 4.48. The van der Waals surface area contributed by atoms with Crippen LogP contribution in [0, 0.1) is 5.92 Å². The zero-order chi connectivity index (χ0) is 13.8. The van der Waals surface area contributed by atoms with Crippen LogP contribution in [0.4, 0.5) is 5.82 Å². The van der Waals surface area contributed by atoms with Gasteiger partial charge in [0.25, 0.3) is 0 Å². The molecule has 2 heterocycles. The molecule has 1 aromatic carbocycles. The highest BCUT2D eigenvalue weighted by Crippen LogP contribution is 2.22. The second-order valence-electron chi connectivity index (χ2n) is 5.84. The van der Waals surface area contributed by atoms with Gasteiger partial charge in [-0.1, -0.05) is 24.3 Å². The Morgan fingerprint density at radius 1 is 1.20 bits per heavy atom. The van der Waals surface area contributed by atoms with Gasteiger partial charge in [0, 0.05) is 18.1 Å². The van der Waals surface area contributed by atoms with E-state index in [1.54, 1.807) is 0 Å². The van der Waals surface area contributed by atoms with E-state index in [0.29, 0.717) is 0 Å². The Morgan fingerprint density at radius 3 is 2.85 bits per heavy atom. The van der Waals surface area contributed by atoms with Crippen molar-refractivity contribution in [2.24, 2.45) is 5.92 Å². The lowest BCUT2D eigenvalue weighted by atomic mass is 9.94. The first-order valence-electron chi connectivity index (χ1n) is 7.59. The molecule has 1 saturated heterocycles. The third-order valence-electron chi connectivity index (χ3n) is 4.36. The van der Waals surface area contributed by atoms with Crippen molar-refractivity contribution in [1.82, 2.24) is 9.88 Å². The van der Waals surface area contributed by atoms with E-state index < -0.39 is 0 Å². The largest absolute Gasteiger partial charge is 0.370 e. The van der Waals surface area contributed by atoms with Crippen LogP contribution in [0.15, 0.2) is 36.5 Å². The predicted molar refractivity (Wildman–Crippen MR) is 85.1 cm³/mol. The molecule has 20 heavy (non-hydrogen) atoms. The lowest BCUT2D eigenvalue weighted by Crippen LogP contribution is -2.30. The Morgan fingerprint density at radius 2 is 2.00 bits per heavy atom. The van der Waals surface area contributed by atoms with Crippen molar-refractivity contribution < 1.29 is 0 Å². The van der Waals surface area contributed by atoms with Crippen LogP contribution in [-0.2, 0) is 0 Å². The smallest absolute Gasteiger partial charge is 0.133 e. The number of benzene rings is 1. The van der Waals surface area contributed by atoms with Gasteiger partial charge in [-0.3, -0.25) is 0 Å². The molecular weight excluding hydrogens is 246 g/mol. The topological polar surface area (TPSA) is 28.2 Å². The van der Waals surface area contributed by atoms with Gasteiger partial charge < -0.3 is 10.2 Å². The van der Waals surface area contributed by atoms with Crippen LogP contribution >= 0.6 is 0 Å². The van der Waals surface area contributed by atoms with Crippen molar-refractivity contribution in [3.63, 3.8) is 0 Å². The predicted octanol–water partition coefficient (Wildman–Crippen LogP) is 3.38. The van der Waals surface area contributed by atoms with Crippen LogP contribution in [0.5, 0.6) is 0 Å². The number of piperidine rings is 1. The summed E-state index contributed by atoms with van der Waals surface area (Å²) in [6, 6.07) is 10.5. The Balaban J connectivity index is 1.57. The standard InChI is InChI=1S/C17H23N3/c1-20-12-8-14(9-13-20)6-10-18-17-16-5-3-2-4-15(16)7-11-19-17/h2-5,7,11,14H,6,8-10,12-13H2,1H3,(H,18,19). The summed E-state index contributed by atoms with van der Waals surface area (Å²) in [4.78, 5) is 6.91. The summed E-state index contributed by atoms with van der Waals surface area (Å²) in [5.41, 5.74) is 0. The van der Waals surface area contributed by atoms with Crippen molar-refractivity contribution in [3.05, 3.63) is 36.5 Å². The summed E-state index contributed by atoms with van der Waals surface area (Å²) in [6.45, 7) is 3.52. The van der Waals surface area contributed by atoms with E-state index in [2.05, 4.69) is 52.6 Å². The molecule has 3 nitrogen and oxygen atoms in total. The Kier molecular flexibility index (Phi) is 4.16. The van der Waals surface area contributed by atoms with Crippen LogP contribution in [0.1, 0.15) is 19.3 Å². The number of nitrogens with one attached hydrogen (secondary N) is 1. The average molecular weight is 269 g/mol. The molecular formula is C17H23N3. The van der Waals surface area contributed by atoms with Crippen molar-refractivity contribution in [1.29, 1.82) is 0 Å². The van der Waals surface area contributed by atoms with E-state index in [4.69, 9.17) is 0 Å². The molecule has 0 bridgehead atoms. The van der Waals surface area contributed by atoms with Gasteiger partial charge in [0.05, 0.1) is 0 Å². The fourth-order valence-electron chi connectivity index (χ4n) is 3.01. The van der Waals surface area contributed by atoms with Crippen LogP contribution in [0.3, 0.4) is 0 Å². The van der Waals surface area contributed by atoms with Gasteiger partial charge >= 0.3 is 0 Å². The van der Waals surface area contributed by atoms with E-state index >= 15 is 0 Å². The first kappa shape index (κ1) is 13.4. The van der Waals surface area contributed by atoms with E-state index in [-0.39, 0.29) is 0 Å². The van der Waals surface area contributed by atoms with Crippen LogP contribution in [-0.4, -0.2) is 36.6 Å². The molecule has 0 aliphatic carbocycles. The van der Waals surface area contributed by atoms with Crippen molar-refractivity contribution in [2.75, 3.05) is 32.0 Å². The molecule has 106 valence electrons. The van der Waals surface area contributed by atoms with E-state index in [9.17, 15) is 0 Å². The van der Waals surface area contributed by atoms with E-state index in [0.717, 1.165) is 18.3 Å². The van der Waals surface area contributed by atoms with Gasteiger partial charge in [0.1, 0.15) is 5.82 Å². The summed E-state index contributed by atoms with van der Waals surface area (Å²) < 4.78 is 0. The molecule has 1 fully saturated rings. The molecule has 2 aromatic rings. The average Bonchev–Trinajstić information content (AvgIpc) is 2.49. The zero-order valence-electron chi connectivity index (χ0n) is 12.2. The minimum atomic E-state index is 0.869. The summed E-state index contributed by atoms with van der Waals surface area (Å²) in [6.07, 6.45) is 5.81. The van der Waals surface area contributed by atoms with Crippen molar-refractivity contribution >= 4 is 16.6 Å². The number of hydrogen-bond acceptors (Lipinski definition) is 3. The summed E-state index contributed by atoms with van der Waals surface area (Å²) >= 11 is 0. The Labute approximate surface area is 121 Å². The molecule has 3 heteroatoms. The third-order valence-corrected chi connectivity index (χ3v) is 4.36. The Bertz CT molecular complexity index is 554. The van der Waals surface area contributed by atoms with Crippen molar-refractivity contribution in [2.45, 2.75) is 19.3 Å². The second kappa shape index (κ2) is 6.23. The fraction of sp³-hybridized carbons (Fsp3) is 0.471. The van der Waals surface area contributed by atoms with Gasteiger partial charge in [-0.15, -0.1) is 0 Å². The maximum atomic E-state index is 4.48. The fourth-order valence-corrected chi connectivity index (χ4v) is 3.01. The lowest BCUT2D eigenvalue weighted by molar-refractivity contribution is 0.215. The molecule has 1 N–H and O–H groups in total. The number of likely N-dealkylation sites (tertiary alicyclic amines) is 1. The van der Waals surface area contributed by atoms with Crippen LogP contribution in [0.2, 0.25) is 0 Å². The van der Waals surface area contributed by atoms with Gasteiger partial charge in [0.2, 0.25) is 0 Å². The van der Waals surface area contributed by atoms with Gasteiger partial charge in [-0.2, -0.15) is 0 Å². The summed E-state index contributed by atoms with van der Waals surface area (Å²) in [5.74, 6) is 1.89. The molecule has 1 aliphatic rings. The first-order valence-corrected chi connectivity index (χ1v) is 7.59. The summed E-state index contributed by atoms with van der Waals surface area (Å²) in [5, 5.41) is 6.00. The van der Waals surface area contributed by atoms with Gasteiger partial charge in [0.15, 0.2) is 0 Å². The highest BCUT2D eigenvalue weighted by Gasteiger charge is 2.16. The molecule has 0 unspecified atom stereocenters. The second-order valence-corrected chi connectivity index (χ2v) is 5.84. The highest BCUT2D eigenvalue weighted by molar-refractivity contribution is 5.91. The van der Waals surface area contributed by atoms with Crippen LogP contribution in [0.25, 0.3) is 10.8 Å². The molecule has 3 rings (SSSR count). The molecule has 0 amide bonds. The zero-order valence-corrected chi connectivity index (χ0v) is 12.2. The maximum Gasteiger partial charge on any atom is 0.133 e. The minimum absolute atomic E-state index is 0.869. The van der Waals surface area contributed by atoms with Crippen molar-refractivity contribution in [3.8, 4) is 0 Å². The van der Waals surface area contributed by atoms with Crippen LogP contribution < -0.4 is 5.32 Å². The number of nitrogens with zero attached hydrogens (tertiary/aromatic N) is 2. The van der Waals surface area contributed by atoms with Gasteiger partial charge in [-0.25, -0.2) is 4.98 Å². The quantitative estimate of drug-likeness (QED) is 0.922. The molecule has 1 aromatic heterocycles. The third kappa shape index (κ3) is 3.10. The number of fused-ring (bicyclic) bond motifs is 1. The van der Waals surface area contributed by atoms with E-state index in [1.807, 2.05) is 6.20 Å². The number of hydrogen-bond donors (Lipinski definition) is 1. The first-order chi connectivity index (χ1) is 9.83. The van der Waals surface area contributed by atoms with Gasteiger partial charge in [-0.05, 0) is 56.8 Å². The minimum Gasteiger partial charge on any atom is -0.370 e.